The molecule has 1 atom stereocenters. The number of hydrogen-bond donors (Lipinski definition) is 0. The zero-order valence-corrected chi connectivity index (χ0v) is 10.0. The standard InChI is InChI=1S/C10H11Cl3O/c1-7(5-11)6-14-10-3-2-8(12)4-9(10)13/h2-4,7H,5-6H2,1H3. The van der Waals surface area contributed by atoms with E-state index in [0.29, 0.717) is 34.2 Å². The van der Waals surface area contributed by atoms with Crippen molar-refractivity contribution in [2.75, 3.05) is 12.5 Å². The lowest BCUT2D eigenvalue weighted by Gasteiger charge is -2.11. The molecule has 0 saturated heterocycles. The summed E-state index contributed by atoms with van der Waals surface area (Å²) in [7, 11) is 0. The van der Waals surface area contributed by atoms with Crippen LogP contribution in [0.25, 0.3) is 0 Å². The molecular weight excluding hydrogens is 242 g/mol. The highest BCUT2D eigenvalue weighted by Gasteiger charge is 2.05. The van der Waals surface area contributed by atoms with Gasteiger partial charge in [-0.3, -0.25) is 0 Å². The molecule has 0 saturated carbocycles. The van der Waals surface area contributed by atoms with Crippen LogP contribution in [0.5, 0.6) is 5.75 Å². The van der Waals surface area contributed by atoms with Gasteiger partial charge in [-0.25, -0.2) is 0 Å². The summed E-state index contributed by atoms with van der Waals surface area (Å²) in [4.78, 5) is 0. The number of alkyl halides is 1. The number of halogens is 3. The van der Waals surface area contributed by atoms with Crippen LogP contribution in [-0.2, 0) is 0 Å². The summed E-state index contributed by atoms with van der Waals surface area (Å²) in [5.74, 6) is 1.53. The van der Waals surface area contributed by atoms with Gasteiger partial charge in [0.2, 0.25) is 0 Å². The summed E-state index contributed by atoms with van der Waals surface area (Å²) in [6.45, 7) is 2.57. The molecule has 1 rings (SSSR count). The van der Waals surface area contributed by atoms with Gasteiger partial charge in [0.25, 0.3) is 0 Å². The fraction of sp³-hybridized carbons (Fsp3) is 0.400. The van der Waals surface area contributed by atoms with Crippen LogP contribution >= 0.6 is 34.8 Å². The van der Waals surface area contributed by atoms with Gasteiger partial charge in [-0.2, -0.15) is 0 Å². The molecule has 78 valence electrons. The highest BCUT2D eigenvalue weighted by molar-refractivity contribution is 6.35. The third-order valence-corrected chi connectivity index (χ3v) is 2.74. The van der Waals surface area contributed by atoms with Gasteiger partial charge in [0, 0.05) is 16.8 Å². The van der Waals surface area contributed by atoms with Crippen molar-refractivity contribution < 1.29 is 4.74 Å². The van der Waals surface area contributed by atoms with E-state index >= 15 is 0 Å². The van der Waals surface area contributed by atoms with Crippen molar-refractivity contribution >= 4 is 34.8 Å². The van der Waals surface area contributed by atoms with E-state index in [1.807, 2.05) is 6.92 Å². The van der Waals surface area contributed by atoms with Crippen LogP contribution in [0.1, 0.15) is 6.92 Å². The Labute approximate surface area is 98.9 Å². The van der Waals surface area contributed by atoms with E-state index in [2.05, 4.69) is 0 Å². The SMILES string of the molecule is CC(CCl)COc1ccc(Cl)cc1Cl. The Hall–Kier alpha value is -0.110. The van der Waals surface area contributed by atoms with Gasteiger partial charge in [-0.05, 0) is 18.2 Å². The first-order chi connectivity index (χ1) is 6.63. The molecule has 0 heterocycles. The van der Waals surface area contributed by atoms with Crippen molar-refractivity contribution in [2.45, 2.75) is 6.92 Å². The van der Waals surface area contributed by atoms with Crippen LogP contribution < -0.4 is 4.74 Å². The van der Waals surface area contributed by atoms with E-state index in [-0.39, 0.29) is 0 Å². The summed E-state index contributed by atoms with van der Waals surface area (Å²) < 4.78 is 5.47. The fourth-order valence-electron chi connectivity index (χ4n) is 0.869. The van der Waals surface area contributed by atoms with Gasteiger partial charge in [-0.1, -0.05) is 30.1 Å². The normalized spacial score (nSPS) is 12.6. The fourth-order valence-corrected chi connectivity index (χ4v) is 1.42. The lowest BCUT2D eigenvalue weighted by molar-refractivity contribution is 0.273. The average Bonchev–Trinajstić information content (AvgIpc) is 2.16. The molecule has 0 radical (unpaired) electrons. The molecule has 0 bridgehead atoms. The van der Waals surface area contributed by atoms with Gasteiger partial charge in [0.05, 0.1) is 11.6 Å². The summed E-state index contributed by atoms with van der Waals surface area (Å²) in [5, 5.41) is 1.13. The minimum atomic E-state index is 0.309. The van der Waals surface area contributed by atoms with Crippen LogP contribution in [0.2, 0.25) is 10.0 Å². The molecule has 4 heteroatoms. The average molecular weight is 254 g/mol. The van der Waals surface area contributed by atoms with E-state index < -0.39 is 0 Å². The Kier molecular flexibility index (Phi) is 4.86. The molecule has 0 N–H and O–H groups in total. The van der Waals surface area contributed by atoms with Gasteiger partial charge in [-0.15, -0.1) is 11.6 Å². The van der Waals surface area contributed by atoms with Crippen molar-refractivity contribution in [3.8, 4) is 5.75 Å². The Morgan fingerprint density at radius 1 is 1.36 bits per heavy atom. The number of benzene rings is 1. The molecule has 1 aromatic rings. The second-order valence-electron chi connectivity index (χ2n) is 3.15. The van der Waals surface area contributed by atoms with E-state index in [9.17, 15) is 0 Å². The molecule has 0 aliphatic rings. The highest BCUT2D eigenvalue weighted by atomic mass is 35.5. The molecular formula is C10H11Cl3O. The molecule has 0 fully saturated rings. The molecule has 0 amide bonds. The van der Waals surface area contributed by atoms with Crippen molar-refractivity contribution in [3.05, 3.63) is 28.2 Å². The minimum Gasteiger partial charge on any atom is -0.492 e. The van der Waals surface area contributed by atoms with Crippen molar-refractivity contribution in [1.82, 2.24) is 0 Å². The van der Waals surface area contributed by atoms with Crippen LogP contribution in [0.4, 0.5) is 0 Å². The van der Waals surface area contributed by atoms with E-state index in [4.69, 9.17) is 39.5 Å². The van der Waals surface area contributed by atoms with Crippen molar-refractivity contribution in [3.63, 3.8) is 0 Å². The summed E-state index contributed by atoms with van der Waals surface area (Å²) in [6.07, 6.45) is 0. The number of rotatable bonds is 4. The van der Waals surface area contributed by atoms with Gasteiger partial charge < -0.3 is 4.74 Å². The Balaban J connectivity index is 2.59. The Bertz CT molecular complexity index is 301. The zero-order valence-electron chi connectivity index (χ0n) is 7.77. The Morgan fingerprint density at radius 3 is 2.64 bits per heavy atom. The maximum atomic E-state index is 5.91. The van der Waals surface area contributed by atoms with E-state index in [1.54, 1.807) is 18.2 Å². The molecule has 14 heavy (non-hydrogen) atoms. The maximum absolute atomic E-state index is 5.91. The second-order valence-corrected chi connectivity index (χ2v) is 4.30. The van der Waals surface area contributed by atoms with Crippen LogP contribution in [0.3, 0.4) is 0 Å². The lowest BCUT2D eigenvalue weighted by Crippen LogP contribution is -2.09. The van der Waals surface area contributed by atoms with Crippen LogP contribution in [-0.4, -0.2) is 12.5 Å². The third kappa shape index (κ3) is 3.56. The molecule has 0 aliphatic heterocycles. The van der Waals surface area contributed by atoms with Crippen molar-refractivity contribution in [2.24, 2.45) is 5.92 Å². The molecule has 0 spiro atoms. The lowest BCUT2D eigenvalue weighted by atomic mass is 10.2. The predicted molar refractivity (Wildman–Crippen MR) is 61.8 cm³/mol. The van der Waals surface area contributed by atoms with Crippen LogP contribution in [0.15, 0.2) is 18.2 Å². The third-order valence-electron chi connectivity index (χ3n) is 1.68. The summed E-state index contributed by atoms with van der Waals surface area (Å²) >= 11 is 17.3. The van der Waals surface area contributed by atoms with Crippen LogP contribution in [0, 0.1) is 5.92 Å². The first-order valence-electron chi connectivity index (χ1n) is 4.27. The quantitative estimate of drug-likeness (QED) is 0.729. The Morgan fingerprint density at radius 2 is 2.07 bits per heavy atom. The smallest absolute Gasteiger partial charge is 0.137 e. The summed E-state index contributed by atoms with van der Waals surface area (Å²) in [5.41, 5.74) is 0. The number of ether oxygens (including phenoxy) is 1. The van der Waals surface area contributed by atoms with Gasteiger partial charge >= 0.3 is 0 Å². The number of hydrogen-bond acceptors (Lipinski definition) is 1. The molecule has 1 unspecified atom stereocenters. The van der Waals surface area contributed by atoms with Gasteiger partial charge in [0.15, 0.2) is 0 Å². The monoisotopic (exact) mass is 252 g/mol. The first kappa shape index (κ1) is 12.0. The van der Waals surface area contributed by atoms with E-state index in [1.165, 1.54) is 0 Å². The van der Waals surface area contributed by atoms with E-state index in [0.717, 1.165) is 0 Å². The molecule has 0 aliphatic carbocycles. The predicted octanol–water partition coefficient (Wildman–Crippen LogP) is 4.25. The first-order valence-corrected chi connectivity index (χ1v) is 5.56. The van der Waals surface area contributed by atoms with Gasteiger partial charge in [0.1, 0.15) is 5.75 Å². The topological polar surface area (TPSA) is 9.23 Å². The minimum absolute atomic E-state index is 0.309. The maximum Gasteiger partial charge on any atom is 0.137 e. The molecule has 1 nitrogen and oxygen atoms in total. The zero-order chi connectivity index (χ0) is 10.6. The summed E-state index contributed by atoms with van der Waals surface area (Å²) in [6, 6.07) is 5.16. The highest BCUT2D eigenvalue weighted by Crippen LogP contribution is 2.27. The molecule has 0 aromatic heterocycles. The largest absolute Gasteiger partial charge is 0.492 e. The second kappa shape index (κ2) is 5.69. The van der Waals surface area contributed by atoms with Crippen molar-refractivity contribution in [1.29, 1.82) is 0 Å². The molecule has 1 aromatic carbocycles.